The van der Waals surface area contributed by atoms with Crippen molar-refractivity contribution in [2.75, 3.05) is 0 Å². The highest BCUT2D eigenvalue weighted by molar-refractivity contribution is 14.1. The van der Waals surface area contributed by atoms with E-state index in [2.05, 4.69) is 32.6 Å². The van der Waals surface area contributed by atoms with E-state index in [0.29, 0.717) is 16.5 Å². The highest BCUT2D eigenvalue weighted by atomic mass is 127. The quantitative estimate of drug-likeness (QED) is 0.542. The minimum Gasteiger partial charge on any atom is -0.236 e. The van der Waals surface area contributed by atoms with Gasteiger partial charge in [-0.2, -0.15) is 0 Å². The molecule has 2 nitrogen and oxygen atoms in total. The zero-order valence-electron chi connectivity index (χ0n) is 10.9. The molecule has 0 radical (unpaired) electrons. The first kappa shape index (κ1) is 15.6. The molecule has 0 aliphatic carbocycles. The normalized spacial score (nSPS) is 11.2. The summed E-state index contributed by atoms with van der Waals surface area (Å²) in [5.74, 6) is -0.575. The molecule has 0 aliphatic rings. The van der Waals surface area contributed by atoms with E-state index in [0.717, 1.165) is 15.3 Å². The van der Waals surface area contributed by atoms with Crippen LogP contribution < -0.4 is 0 Å². The molecular weight excluding hydrogens is 397 g/mol. The summed E-state index contributed by atoms with van der Waals surface area (Å²) in [6.45, 7) is 4.01. The monoisotopic (exact) mass is 408 g/mol. The van der Waals surface area contributed by atoms with Gasteiger partial charge in [-0.05, 0) is 40.1 Å². The van der Waals surface area contributed by atoms with Crippen LogP contribution in [0.25, 0.3) is 0 Å². The Morgan fingerprint density at radius 1 is 1.25 bits per heavy atom. The van der Waals surface area contributed by atoms with E-state index in [4.69, 9.17) is 11.6 Å². The summed E-state index contributed by atoms with van der Waals surface area (Å²) < 4.78 is 27.3. The van der Waals surface area contributed by atoms with Crippen molar-refractivity contribution in [3.63, 3.8) is 0 Å². The lowest BCUT2D eigenvalue weighted by Gasteiger charge is -2.11. The predicted molar refractivity (Wildman–Crippen MR) is 83.0 cm³/mol. The van der Waals surface area contributed by atoms with Gasteiger partial charge >= 0.3 is 0 Å². The van der Waals surface area contributed by atoms with Gasteiger partial charge in [0.2, 0.25) is 0 Å². The fourth-order valence-corrected chi connectivity index (χ4v) is 2.84. The Labute approximate surface area is 134 Å². The molecule has 20 heavy (non-hydrogen) atoms. The first-order valence-electron chi connectivity index (χ1n) is 6.04. The molecule has 0 fully saturated rings. The van der Waals surface area contributed by atoms with E-state index in [1.54, 1.807) is 0 Å². The van der Waals surface area contributed by atoms with Gasteiger partial charge in [0, 0.05) is 12.5 Å². The van der Waals surface area contributed by atoms with Crippen LogP contribution in [-0.4, -0.2) is 9.97 Å². The van der Waals surface area contributed by atoms with Gasteiger partial charge in [-0.1, -0.05) is 31.5 Å². The van der Waals surface area contributed by atoms with Crippen molar-refractivity contribution >= 4 is 34.2 Å². The molecule has 0 bridgehead atoms. The van der Waals surface area contributed by atoms with Gasteiger partial charge < -0.3 is 0 Å². The van der Waals surface area contributed by atoms with Crippen LogP contribution in [-0.2, 0) is 6.42 Å². The Hall–Kier alpha value is -0.820. The minimum absolute atomic E-state index is 0.183. The van der Waals surface area contributed by atoms with Gasteiger partial charge in [0.1, 0.15) is 22.6 Å². The van der Waals surface area contributed by atoms with Crippen LogP contribution in [0.4, 0.5) is 8.78 Å². The van der Waals surface area contributed by atoms with Crippen LogP contribution in [0.15, 0.2) is 18.2 Å². The maximum Gasteiger partial charge on any atom is 0.146 e. The second-order valence-electron chi connectivity index (χ2n) is 4.70. The second kappa shape index (κ2) is 6.30. The van der Waals surface area contributed by atoms with E-state index in [1.165, 1.54) is 12.1 Å². The summed E-state index contributed by atoms with van der Waals surface area (Å²) in [5.41, 5.74) is 1.18. The number of hydrogen-bond acceptors (Lipinski definition) is 2. The molecule has 0 saturated carbocycles. The van der Waals surface area contributed by atoms with E-state index in [9.17, 15) is 8.78 Å². The zero-order valence-corrected chi connectivity index (χ0v) is 13.8. The first-order valence-corrected chi connectivity index (χ1v) is 7.50. The predicted octanol–water partition coefficient (Wildman–Crippen LogP) is 4.73. The van der Waals surface area contributed by atoms with Crippen LogP contribution in [0.3, 0.4) is 0 Å². The van der Waals surface area contributed by atoms with Crippen LogP contribution >= 0.6 is 34.2 Å². The molecule has 0 amide bonds. The van der Waals surface area contributed by atoms with Crippen molar-refractivity contribution < 1.29 is 8.78 Å². The molecule has 106 valence electrons. The van der Waals surface area contributed by atoms with Crippen LogP contribution in [0, 0.1) is 15.2 Å². The average Bonchev–Trinajstić information content (AvgIpc) is 2.36. The summed E-state index contributed by atoms with van der Waals surface area (Å²) in [4.78, 5) is 8.59. The SMILES string of the molecule is CC(C)c1nc(Cc2ccc(F)cc2F)nc(Cl)c1I. The molecule has 0 aliphatic heterocycles. The molecule has 0 spiro atoms. The molecular formula is C14H12ClF2IN2. The fourth-order valence-electron chi connectivity index (χ4n) is 1.78. The number of rotatable bonds is 3. The van der Waals surface area contributed by atoms with E-state index in [1.807, 2.05) is 13.8 Å². The third kappa shape index (κ3) is 3.44. The van der Waals surface area contributed by atoms with Crippen LogP contribution in [0.1, 0.15) is 36.8 Å². The standard InChI is InChI=1S/C14H12ClF2IN2/c1-7(2)13-12(18)14(15)20-11(19-13)5-8-3-4-9(16)6-10(8)17/h3-4,6-7H,5H2,1-2H3. The maximum atomic E-state index is 13.6. The van der Waals surface area contributed by atoms with Gasteiger partial charge in [0.25, 0.3) is 0 Å². The van der Waals surface area contributed by atoms with Crippen LogP contribution in [0.5, 0.6) is 0 Å². The van der Waals surface area contributed by atoms with Crippen molar-refractivity contribution in [2.24, 2.45) is 0 Å². The molecule has 0 unspecified atom stereocenters. The van der Waals surface area contributed by atoms with Gasteiger partial charge in [0.15, 0.2) is 0 Å². The molecule has 1 aromatic carbocycles. The molecule has 1 aromatic heterocycles. The Morgan fingerprint density at radius 3 is 2.55 bits per heavy atom. The third-order valence-corrected chi connectivity index (χ3v) is 4.45. The highest BCUT2D eigenvalue weighted by Gasteiger charge is 2.15. The number of halogens is 4. The van der Waals surface area contributed by atoms with Gasteiger partial charge in [0.05, 0.1) is 9.26 Å². The molecule has 2 rings (SSSR count). The molecule has 6 heteroatoms. The molecule has 1 heterocycles. The third-order valence-electron chi connectivity index (χ3n) is 2.79. The lowest BCUT2D eigenvalue weighted by atomic mass is 10.1. The van der Waals surface area contributed by atoms with Crippen LogP contribution in [0.2, 0.25) is 5.15 Å². The Morgan fingerprint density at radius 2 is 1.95 bits per heavy atom. The van der Waals surface area contributed by atoms with Crippen molar-refractivity contribution in [2.45, 2.75) is 26.2 Å². The van der Waals surface area contributed by atoms with Crippen molar-refractivity contribution in [3.05, 3.63) is 55.6 Å². The minimum atomic E-state index is -0.602. The van der Waals surface area contributed by atoms with E-state index < -0.39 is 11.6 Å². The summed E-state index contributed by atoms with van der Waals surface area (Å²) in [6, 6.07) is 3.47. The Bertz CT molecular complexity index is 647. The first-order chi connectivity index (χ1) is 9.38. The number of aromatic nitrogens is 2. The average molecular weight is 409 g/mol. The van der Waals surface area contributed by atoms with E-state index in [-0.39, 0.29) is 12.3 Å². The van der Waals surface area contributed by atoms with Crippen molar-refractivity contribution in [1.29, 1.82) is 0 Å². The lowest BCUT2D eigenvalue weighted by molar-refractivity contribution is 0.573. The van der Waals surface area contributed by atoms with Crippen molar-refractivity contribution in [3.8, 4) is 0 Å². The Balaban J connectivity index is 2.39. The molecule has 0 atom stereocenters. The molecule has 2 aromatic rings. The van der Waals surface area contributed by atoms with E-state index >= 15 is 0 Å². The highest BCUT2D eigenvalue weighted by Crippen LogP contribution is 2.25. The Kier molecular flexibility index (Phi) is 4.90. The summed E-state index contributed by atoms with van der Waals surface area (Å²) >= 11 is 8.18. The van der Waals surface area contributed by atoms with Gasteiger partial charge in [-0.25, -0.2) is 18.7 Å². The lowest BCUT2D eigenvalue weighted by Crippen LogP contribution is -2.06. The summed E-state index contributed by atoms with van der Waals surface area (Å²) in [6.07, 6.45) is 0.183. The number of hydrogen-bond donors (Lipinski definition) is 0. The number of nitrogens with zero attached hydrogens (tertiary/aromatic N) is 2. The smallest absolute Gasteiger partial charge is 0.146 e. The fraction of sp³-hybridized carbons (Fsp3) is 0.286. The number of benzene rings is 1. The topological polar surface area (TPSA) is 25.8 Å². The second-order valence-corrected chi connectivity index (χ2v) is 6.13. The van der Waals surface area contributed by atoms with Gasteiger partial charge in [-0.3, -0.25) is 0 Å². The molecule has 0 saturated heterocycles. The van der Waals surface area contributed by atoms with Crippen molar-refractivity contribution in [1.82, 2.24) is 9.97 Å². The largest absolute Gasteiger partial charge is 0.236 e. The van der Waals surface area contributed by atoms with Gasteiger partial charge in [-0.15, -0.1) is 0 Å². The maximum absolute atomic E-state index is 13.6. The summed E-state index contributed by atoms with van der Waals surface area (Å²) in [7, 11) is 0. The summed E-state index contributed by atoms with van der Waals surface area (Å²) in [5, 5.41) is 0.363. The zero-order chi connectivity index (χ0) is 14.9. The molecule has 0 N–H and O–H groups in total.